The Morgan fingerprint density at radius 3 is 2.50 bits per heavy atom. The monoisotopic (exact) mass is 203 g/mol. The normalized spacial score (nSPS) is 15.4. The van der Waals surface area contributed by atoms with Gasteiger partial charge in [-0.1, -0.05) is 20.3 Å². The fourth-order valence-corrected chi connectivity index (χ4v) is 1.49. The molecule has 0 rings (SSSR count). The lowest BCUT2D eigenvalue weighted by Crippen LogP contribution is -2.19. The van der Waals surface area contributed by atoms with Crippen molar-refractivity contribution in [3.05, 3.63) is 0 Å². The van der Waals surface area contributed by atoms with E-state index in [1.807, 2.05) is 0 Å². The summed E-state index contributed by atoms with van der Waals surface area (Å²) in [5, 5.41) is 0. The van der Waals surface area contributed by atoms with Gasteiger partial charge >= 0.3 is 0 Å². The Labute approximate surface area is 88.0 Å². The quantitative estimate of drug-likeness (QED) is 0.580. The van der Waals surface area contributed by atoms with Gasteiger partial charge in [-0.2, -0.15) is 0 Å². The van der Waals surface area contributed by atoms with Crippen LogP contribution in [0.15, 0.2) is 0 Å². The minimum absolute atomic E-state index is 0.598. The van der Waals surface area contributed by atoms with Crippen molar-refractivity contribution in [1.82, 2.24) is 0 Å². The predicted molar refractivity (Wildman–Crippen MR) is 59.3 cm³/mol. The maximum absolute atomic E-state index is 5.65. The number of hydrogen-bond donors (Lipinski definition) is 1. The molecule has 0 saturated heterocycles. The zero-order valence-corrected chi connectivity index (χ0v) is 9.79. The van der Waals surface area contributed by atoms with Crippen LogP contribution in [0.2, 0.25) is 0 Å². The Morgan fingerprint density at radius 2 is 2.00 bits per heavy atom. The summed E-state index contributed by atoms with van der Waals surface area (Å²) in [6, 6.07) is 0. The van der Waals surface area contributed by atoms with E-state index in [4.69, 9.17) is 15.2 Å². The van der Waals surface area contributed by atoms with E-state index in [0.717, 1.165) is 13.2 Å². The number of rotatable bonds is 9. The van der Waals surface area contributed by atoms with Crippen molar-refractivity contribution in [1.29, 1.82) is 0 Å². The second kappa shape index (κ2) is 9.44. The number of methoxy groups -OCH3 is 1. The van der Waals surface area contributed by atoms with E-state index in [9.17, 15) is 0 Å². The molecule has 0 amide bonds. The Bertz CT molecular complexity index is 116. The zero-order valence-electron chi connectivity index (χ0n) is 9.79. The Balaban J connectivity index is 3.38. The van der Waals surface area contributed by atoms with Gasteiger partial charge in [0.25, 0.3) is 0 Å². The van der Waals surface area contributed by atoms with Crippen LogP contribution in [0, 0.1) is 11.8 Å². The van der Waals surface area contributed by atoms with Gasteiger partial charge in [-0.15, -0.1) is 0 Å². The smallest absolute Gasteiger partial charge is 0.0700 e. The maximum Gasteiger partial charge on any atom is 0.0700 e. The highest BCUT2D eigenvalue weighted by molar-refractivity contribution is 4.62. The number of nitrogens with two attached hydrogens (primary N) is 1. The summed E-state index contributed by atoms with van der Waals surface area (Å²) >= 11 is 0. The number of hydrogen-bond acceptors (Lipinski definition) is 3. The molecular weight excluding hydrogens is 178 g/mol. The molecule has 0 aliphatic rings. The van der Waals surface area contributed by atoms with Gasteiger partial charge in [0, 0.05) is 13.7 Å². The lowest BCUT2D eigenvalue weighted by Gasteiger charge is -2.17. The van der Waals surface area contributed by atoms with Crippen molar-refractivity contribution in [3.8, 4) is 0 Å². The Morgan fingerprint density at radius 1 is 1.29 bits per heavy atom. The largest absolute Gasteiger partial charge is 0.382 e. The SMILES string of the molecule is CCC(CN)CC(C)COCCOC. The standard InChI is InChI=1S/C11H25NO2/c1-4-11(8-12)7-10(2)9-14-6-5-13-3/h10-11H,4-9,12H2,1-3H3. The van der Waals surface area contributed by atoms with E-state index < -0.39 is 0 Å². The van der Waals surface area contributed by atoms with E-state index in [1.54, 1.807) is 7.11 Å². The van der Waals surface area contributed by atoms with Crippen molar-refractivity contribution in [2.45, 2.75) is 26.7 Å². The minimum Gasteiger partial charge on any atom is -0.382 e. The van der Waals surface area contributed by atoms with E-state index in [2.05, 4.69) is 13.8 Å². The first-order valence-corrected chi connectivity index (χ1v) is 5.51. The van der Waals surface area contributed by atoms with Gasteiger partial charge in [0.1, 0.15) is 0 Å². The molecule has 3 heteroatoms. The first-order valence-electron chi connectivity index (χ1n) is 5.51. The second-order valence-corrected chi connectivity index (χ2v) is 3.92. The number of ether oxygens (including phenoxy) is 2. The summed E-state index contributed by atoms with van der Waals surface area (Å²) < 4.78 is 10.4. The molecule has 0 fully saturated rings. The molecule has 0 heterocycles. The molecule has 0 aromatic carbocycles. The van der Waals surface area contributed by atoms with Crippen LogP contribution < -0.4 is 5.73 Å². The topological polar surface area (TPSA) is 44.5 Å². The van der Waals surface area contributed by atoms with Crippen molar-refractivity contribution in [2.75, 3.05) is 33.5 Å². The van der Waals surface area contributed by atoms with Gasteiger partial charge in [0.2, 0.25) is 0 Å². The molecule has 14 heavy (non-hydrogen) atoms. The fourth-order valence-electron chi connectivity index (χ4n) is 1.49. The first kappa shape index (κ1) is 13.9. The van der Waals surface area contributed by atoms with Gasteiger partial charge in [-0.25, -0.2) is 0 Å². The maximum atomic E-state index is 5.65. The molecule has 0 radical (unpaired) electrons. The molecular formula is C11H25NO2. The van der Waals surface area contributed by atoms with Crippen molar-refractivity contribution >= 4 is 0 Å². The highest BCUT2D eigenvalue weighted by atomic mass is 16.5. The predicted octanol–water partition coefficient (Wildman–Crippen LogP) is 1.66. The summed E-state index contributed by atoms with van der Waals surface area (Å²) in [4.78, 5) is 0. The van der Waals surface area contributed by atoms with Crippen LogP contribution in [-0.4, -0.2) is 33.5 Å². The Hall–Kier alpha value is -0.120. The van der Waals surface area contributed by atoms with Gasteiger partial charge in [0.15, 0.2) is 0 Å². The molecule has 2 atom stereocenters. The van der Waals surface area contributed by atoms with Crippen LogP contribution in [-0.2, 0) is 9.47 Å². The molecule has 0 aliphatic heterocycles. The van der Waals surface area contributed by atoms with Crippen LogP contribution in [0.5, 0.6) is 0 Å². The summed E-state index contributed by atoms with van der Waals surface area (Å²) in [5.74, 6) is 1.25. The third kappa shape index (κ3) is 7.30. The highest BCUT2D eigenvalue weighted by Crippen LogP contribution is 2.14. The molecule has 0 aromatic heterocycles. The van der Waals surface area contributed by atoms with Crippen LogP contribution in [0.1, 0.15) is 26.7 Å². The van der Waals surface area contributed by atoms with Gasteiger partial charge in [-0.3, -0.25) is 0 Å². The van der Waals surface area contributed by atoms with Gasteiger partial charge < -0.3 is 15.2 Å². The van der Waals surface area contributed by atoms with E-state index in [0.29, 0.717) is 25.0 Å². The van der Waals surface area contributed by atoms with Gasteiger partial charge in [-0.05, 0) is 24.8 Å². The summed E-state index contributed by atoms with van der Waals surface area (Å²) in [6.07, 6.45) is 2.33. The molecule has 0 aromatic rings. The van der Waals surface area contributed by atoms with Crippen molar-refractivity contribution in [3.63, 3.8) is 0 Å². The molecule has 2 N–H and O–H groups in total. The van der Waals surface area contributed by atoms with Crippen LogP contribution in [0.3, 0.4) is 0 Å². The van der Waals surface area contributed by atoms with Crippen molar-refractivity contribution in [2.24, 2.45) is 17.6 Å². The minimum atomic E-state index is 0.598. The van der Waals surface area contributed by atoms with Crippen LogP contribution in [0.25, 0.3) is 0 Å². The average molecular weight is 203 g/mol. The molecule has 0 bridgehead atoms. The van der Waals surface area contributed by atoms with Crippen molar-refractivity contribution < 1.29 is 9.47 Å². The second-order valence-electron chi connectivity index (χ2n) is 3.92. The first-order chi connectivity index (χ1) is 6.74. The molecule has 0 saturated carbocycles. The summed E-state index contributed by atoms with van der Waals surface area (Å²) in [7, 11) is 1.69. The van der Waals surface area contributed by atoms with E-state index in [-0.39, 0.29) is 0 Å². The fraction of sp³-hybridized carbons (Fsp3) is 1.00. The highest BCUT2D eigenvalue weighted by Gasteiger charge is 2.09. The van der Waals surface area contributed by atoms with Crippen LogP contribution >= 0.6 is 0 Å². The van der Waals surface area contributed by atoms with E-state index >= 15 is 0 Å². The zero-order chi connectivity index (χ0) is 10.8. The lowest BCUT2D eigenvalue weighted by molar-refractivity contribution is 0.0500. The third-order valence-corrected chi connectivity index (χ3v) is 2.48. The molecule has 0 spiro atoms. The van der Waals surface area contributed by atoms with Gasteiger partial charge in [0.05, 0.1) is 13.2 Å². The molecule has 2 unspecified atom stereocenters. The Kier molecular flexibility index (Phi) is 9.35. The molecule has 86 valence electrons. The van der Waals surface area contributed by atoms with E-state index in [1.165, 1.54) is 12.8 Å². The lowest BCUT2D eigenvalue weighted by atomic mass is 9.94. The molecule has 3 nitrogen and oxygen atoms in total. The average Bonchev–Trinajstić information content (AvgIpc) is 2.21. The third-order valence-electron chi connectivity index (χ3n) is 2.48. The van der Waals surface area contributed by atoms with Crippen LogP contribution in [0.4, 0.5) is 0 Å². The summed E-state index contributed by atoms with van der Waals surface area (Å²) in [5.41, 5.74) is 5.65. The summed E-state index contributed by atoms with van der Waals surface area (Å²) in [6.45, 7) is 7.39. The molecule has 0 aliphatic carbocycles.